The number of carbonyl (C=O) groups excluding carboxylic acids is 2. The molecule has 1 unspecified atom stereocenters. The molecule has 2 aliphatic carbocycles. The van der Waals surface area contributed by atoms with E-state index in [1.54, 1.807) is 6.20 Å². The molecule has 1 N–H and O–H groups in total. The largest absolute Gasteiger partial charge is 0.438 e. The molecule has 0 spiro atoms. The molecule has 5 rings (SSSR count). The van der Waals surface area contributed by atoms with Crippen LogP contribution in [0.15, 0.2) is 24.5 Å². The molecule has 2 amide bonds. The maximum Gasteiger partial charge on any atom is 0.410 e. The normalized spacial score (nSPS) is 34.2. The Balaban J connectivity index is 0.999. The number of ether oxygens (including phenoxy) is 2. The van der Waals surface area contributed by atoms with Gasteiger partial charge in [0.05, 0.1) is 13.2 Å². The van der Waals surface area contributed by atoms with Gasteiger partial charge in [0.15, 0.2) is 5.60 Å². The van der Waals surface area contributed by atoms with Crippen molar-refractivity contribution in [3.05, 3.63) is 30.1 Å². The van der Waals surface area contributed by atoms with Gasteiger partial charge in [-0.15, -0.1) is 0 Å². The van der Waals surface area contributed by atoms with Gasteiger partial charge >= 0.3 is 6.09 Å². The number of aromatic nitrogens is 1. The summed E-state index contributed by atoms with van der Waals surface area (Å²) < 4.78 is 10.7. The fourth-order valence-corrected chi connectivity index (χ4v) is 4.89. The van der Waals surface area contributed by atoms with Crippen LogP contribution in [0.2, 0.25) is 0 Å². The Bertz CT molecular complexity index is 754. The van der Waals surface area contributed by atoms with Crippen LogP contribution in [0.1, 0.15) is 31.2 Å². The van der Waals surface area contributed by atoms with Gasteiger partial charge in [-0.1, -0.05) is 6.07 Å². The maximum absolute atomic E-state index is 12.3. The molecular formula is C21H27N3O4. The van der Waals surface area contributed by atoms with Crippen LogP contribution < -0.4 is 5.32 Å². The Kier molecular flexibility index (Phi) is 4.30. The van der Waals surface area contributed by atoms with Crippen molar-refractivity contribution >= 4 is 12.0 Å². The predicted octanol–water partition coefficient (Wildman–Crippen LogP) is 1.79. The van der Waals surface area contributed by atoms with Gasteiger partial charge in [-0.25, -0.2) is 4.79 Å². The van der Waals surface area contributed by atoms with E-state index in [-0.39, 0.29) is 17.9 Å². The van der Waals surface area contributed by atoms with Crippen molar-refractivity contribution in [2.24, 2.45) is 23.7 Å². The number of hydrogen-bond acceptors (Lipinski definition) is 5. The van der Waals surface area contributed by atoms with E-state index in [4.69, 9.17) is 9.47 Å². The molecule has 3 heterocycles. The molecule has 1 aromatic heterocycles. The number of piperidine rings is 1. The van der Waals surface area contributed by atoms with E-state index in [1.165, 1.54) is 0 Å². The molecule has 7 nitrogen and oxygen atoms in total. The topological polar surface area (TPSA) is 80.8 Å². The number of amides is 2. The van der Waals surface area contributed by atoms with Crippen molar-refractivity contribution in [2.75, 3.05) is 32.8 Å². The van der Waals surface area contributed by atoms with Gasteiger partial charge in [-0.05, 0) is 55.1 Å². The molecule has 7 heteroatoms. The minimum atomic E-state index is -0.440. The number of nitrogens with zero attached hydrogens (tertiary/aromatic N) is 2. The zero-order valence-electron chi connectivity index (χ0n) is 16.2. The first kappa shape index (κ1) is 17.9. The smallest absolute Gasteiger partial charge is 0.410 e. The van der Waals surface area contributed by atoms with Crippen LogP contribution in [0.5, 0.6) is 0 Å². The quantitative estimate of drug-likeness (QED) is 0.808. The van der Waals surface area contributed by atoms with E-state index in [2.05, 4.69) is 10.3 Å². The van der Waals surface area contributed by atoms with Gasteiger partial charge in [0.1, 0.15) is 0 Å². The maximum atomic E-state index is 12.3. The molecule has 4 aliphatic rings. The van der Waals surface area contributed by atoms with E-state index >= 15 is 0 Å². The highest BCUT2D eigenvalue weighted by Crippen LogP contribution is 2.53. The number of carbonyl (C=O) groups is 2. The number of likely N-dealkylation sites (tertiary alicyclic amines) is 1. The first-order valence-electron chi connectivity index (χ1n) is 10.3. The highest BCUT2D eigenvalue weighted by molar-refractivity contribution is 5.82. The van der Waals surface area contributed by atoms with E-state index < -0.39 is 5.60 Å². The number of fused-ring (bicyclic) bond motifs is 1. The van der Waals surface area contributed by atoms with Crippen LogP contribution in [0.4, 0.5) is 4.79 Å². The molecule has 2 saturated carbocycles. The standard InChI is InChI=1S/C21H27N3O4/c1-21(11-27-12-21)28-20(26)24-9-17-14(18(17)10-24)4-6-23-19(25)16-7-15(16)13-3-2-5-22-8-13/h2-3,5,8,14-18H,4,6-7,9-12H2,1H3,(H,23,25)/t14?,15-,16+,17-,18+/m1/s1. The monoisotopic (exact) mass is 385 g/mol. The molecule has 5 atom stereocenters. The van der Waals surface area contributed by atoms with Crippen molar-refractivity contribution < 1.29 is 19.1 Å². The first-order chi connectivity index (χ1) is 13.5. The van der Waals surface area contributed by atoms with Crippen LogP contribution in [0, 0.1) is 23.7 Å². The second-order valence-corrected chi connectivity index (χ2v) is 9.02. The van der Waals surface area contributed by atoms with E-state index in [0.29, 0.717) is 36.9 Å². The summed E-state index contributed by atoms with van der Waals surface area (Å²) in [6.45, 7) is 5.19. The predicted molar refractivity (Wildman–Crippen MR) is 100 cm³/mol. The molecule has 4 fully saturated rings. The molecule has 2 aliphatic heterocycles. The first-order valence-corrected chi connectivity index (χ1v) is 10.3. The van der Waals surface area contributed by atoms with Crippen molar-refractivity contribution in [2.45, 2.75) is 31.3 Å². The summed E-state index contributed by atoms with van der Waals surface area (Å²) >= 11 is 0. The van der Waals surface area contributed by atoms with E-state index in [9.17, 15) is 9.59 Å². The third-order valence-electron chi connectivity index (χ3n) is 6.79. The Morgan fingerprint density at radius 2 is 2.14 bits per heavy atom. The van der Waals surface area contributed by atoms with Crippen molar-refractivity contribution in [3.63, 3.8) is 0 Å². The summed E-state index contributed by atoms with van der Waals surface area (Å²) in [5.41, 5.74) is 0.720. The lowest BCUT2D eigenvalue weighted by atomic mass is 10.1. The lowest BCUT2D eigenvalue weighted by Gasteiger charge is -2.38. The van der Waals surface area contributed by atoms with Crippen LogP contribution in [-0.2, 0) is 14.3 Å². The minimum Gasteiger partial charge on any atom is -0.438 e. The Hall–Kier alpha value is -2.15. The summed E-state index contributed by atoms with van der Waals surface area (Å²) in [6, 6.07) is 3.97. The zero-order valence-corrected chi connectivity index (χ0v) is 16.2. The van der Waals surface area contributed by atoms with Crippen LogP contribution in [0.3, 0.4) is 0 Å². The summed E-state index contributed by atoms with van der Waals surface area (Å²) in [7, 11) is 0. The summed E-state index contributed by atoms with van der Waals surface area (Å²) in [5.74, 6) is 2.36. The lowest BCUT2D eigenvalue weighted by molar-refractivity contribution is -0.171. The van der Waals surface area contributed by atoms with Gasteiger partial charge < -0.3 is 19.7 Å². The highest BCUT2D eigenvalue weighted by atomic mass is 16.6. The van der Waals surface area contributed by atoms with Crippen LogP contribution in [0.25, 0.3) is 0 Å². The third-order valence-corrected chi connectivity index (χ3v) is 6.79. The lowest BCUT2D eigenvalue weighted by Crippen LogP contribution is -2.52. The second-order valence-electron chi connectivity index (χ2n) is 9.02. The van der Waals surface area contributed by atoms with Gasteiger partial charge in [0, 0.05) is 37.9 Å². The minimum absolute atomic E-state index is 0.102. The fraction of sp³-hybridized carbons (Fsp3) is 0.667. The SMILES string of the molecule is CC1(OC(=O)N2C[C@@H]3C(CCNC(=O)[C@H]4C[C@@H]4c4cccnc4)[C@@H]3C2)COC1. The number of rotatable bonds is 6. The second kappa shape index (κ2) is 6.72. The molecule has 28 heavy (non-hydrogen) atoms. The fourth-order valence-electron chi connectivity index (χ4n) is 4.89. The Morgan fingerprint density at radius 1 is 1.36 bits per heavy atom. The molecule has 0 aromatic carbocycles. The van der Waals surface area contributed by atoms with Crippen LogP contribution in [-0.4, -0.2) is 60.3 Å². The molecule has 150 valence electrons. The molecule has 1 aromatic rings. The number of nitrogens with one attached hydrogen (secondary N) is 1. The van der Waals surface area contributed by atoms with Gasteiger partial charge in [0.2, 0.25) is 5.91 Å². The third kappa shape index (κ3) is 3.36. The van der Waals surface area contributed by atoms with Crippen molar-refractivity contribution in [1.82, 2.24) is 15.2 Å². The Labute approximate surface area is 164 Å². The van der Waals surface area contributed by atoms with Gasteiger partial charge in [0.25, 0.3) is 0 Å². The average Bonchev–Trinajstić information content (AvgIpc) is 3.56. The molecular weight excluding hydrogens is 358 g/mol. The van der Waals surface area contributed by atoms with Gasteiger partial charge in [-0.2, -0.15) is 0 Å². The Morgan fingerprint density at radius 3 is 2.79 bits per heavy atom. The molecule has 0 bridgehead atoms. The van der Waals surface area contributed by atoms with Crippen molar-refractivity contribution in [3.8, 4) is 0 Å². The molecule has 0 radical (unpaired) electrons. The number of pyridine rings is 1. The van der Waals surface area contributed by atoms with Crippen molar-refractivity contribution in [1.29, 1.82) is 0 Å². The average molecular weight is 385 g/mol. The zero-order chi connectivity index (χ0) is 19.3. The summed E-state index contributed by atoms with van der Waals surface area (Å²) in [4.78, 5) is 30.5. The van der Waals surface area contributed by atoms with E-state index in [1.807, 2.05) is 30.2 Å². The van der Waals surface area contributed by atoms with Crippen LogP contribution >= 0.6 is 0 Å². The summed E-state index contributed by atoms with van der Waals surface area (Å²) in [6.07, 6.45) is 5.34. The summed E-state index contributed by atoms with van der Waals surface area (Å²) in [5, 5.41) is 3.11. The molecule has 2 saturated heterocycles. The highest BCUT2D eigenvalue weighted by Gasteiger charge is 2.56. The van der Waals surface area contributed by atoms with Gasteiger partial charge in [-0.3, -0.25) is 9.78 Å². The number of hydrogen-bond donors (Lipinski definition) is 1. The van der Waals surface area contributed by atoms with E-state index in [0.717, 1.165) is 38.0 Å².